The summed E-state index contributed by atoms with van der Waals surface area (Å²) in [4.78, 5) is 8.35. The molecule has 2 aromatic heterocycles. The van der Waals surface area contributed by atoms with Crippen molar-refractivity contribution in [3.63, 3.8) is 0 Å². The van der Waals surface area contributed by atoms with Gasteiger partial charge >= 0.3 is 0 Å². The summed E-state index contributed by atoms with van der Waals surface area (Å²) < 4.78 is 1.92. The van der Waals surface area contributed by atoms with Crippen LogP contribution in [0.25, 0.3) is 21.8 Å². The molecule has 0 aliphatic heterocycles. The third-order valence-electron chi connectivity index (χ3n) is 5.98. The number of hydrogen-bond donors (Lipinski definition) is 3. The second kappa shape index (κ2) is 6.58. The number of rotatable bonds is 3. The largest absolute Gasteiger partial charge is 0.390 e. The van der Waals surface area contributed by atoms with Crippen LogP contribution in [-0.4, -0.2) is 37.0 Å². The van der Waals surface area contributed by atoms with E-state index in [1.165, 1.54) is 22.7 Å². The summed E-state index contributed by atoms with van der Waals surface area (Å²) >= 11 is 0. The van der Waals surface area contributed by atoms with Gasteiger partial charge in [0.15, 0.2) is 0 Å². The molecule has 4 N–H and O–H groups in total. The number of nitrogens with zero attached hydrogens (tertiary/aromatic N) is 3. The molecule has 4 aromatic rings. The lowest BCUT2D eigenvalue weighted by Gasteiger charge is -2.19. The van der Waals surface area contributed by atoms with Crippen LogP contribution in [0, 0.1) is 5.92 Å². The molecular formula is C22H22N4O2. The zero-order chi connectivity index (χ0) is 19.3. The van der Waals surface area contributed by atoms with Crippen LogP contribution in [0.15, 0.2) is 61.1 Å². The first-order valence-electron chi connectivity index (χ1n) is 9.52. The van der Waals surface area contributed by atoms with Gasteiger partial charge in [-0.25, -0.2) is 9.97 Å². The van der Waals surface area contributed by atoms with Crippen LogP contribution in [-0.2, 0) is 6.42 Å². The van der Waals surface area contributed by atoms with Gasteiger partial charge in [-0.2, -0.15) is 0 Å². The number of aliphatic hydroxyl groups is 2. The topological polar surface area (TPSA) is 97.2 Å². The molecule has 2 heterocycles. The number of hydrogen-bond acceptors (Lipinski definition) is 5. The van der Waals surface area contributed by atoms with Gasteiger partial charge in [-0.15, -0.1) is 0 Å². The normalized spacial score (nSPS) is 24.9. The molecule has 5 rings (SSSR count). The van der Waals surface area contributed by atoms with Crippen LogP contribution >= 0.6 is 0 Å². The standard InChI is InChI=1S/C22H22N4O2/c23-21-17-7-8-26(22(17)25-12-24-21)18-11-16(19(27)20(18)28)10-13-5-6-14-3-1-2-4-15(14)9-13/h1-9,12,16,18-20,27-28H,10-11H2,(H2,23,24,25)/t16-,18+,19+,20-/m0/s1. The van der Waals surface area contributed by atoms with Gasteiger partial charge in [0.2, 0.25) is 0 Å². The second-order valence-corrected chi connectivity index (χ2v) is 7.65. The molecule has 0 bridgehead atoms. The number of aromatic nitrogens is 3. The predicted molar refractivity (Wildman–Crippen MR) is 109 cm³/mol. The van der Waals surface area contributed by atoms with Crippen LogP contribution in [0.3, 0.4) is 0 Å². The minimum absolute atomic E-state index is 0.0298. The highest BCUT2D eigenvalue weighted by atomic mass is 16.3. The van der Waals surface area contributed by atoms with Crippen LogP contribution < -0.4 is 5.73 Å². The predicted octanol–water partition coefficient (Wildman–Crippen LogP) is 2.69. The number of anilines is 1. The molecule has 4 atom stereocenters. The van der Waals surface area contributed by atoms with Gasteiger partial charge in [-0.1, -0.05) is 42.5 Å². The molecule has 6 heteroatoms. The quantitative estimate of drug-likeness (QED) is 0.512. The second-order valence-electron chi connectivity index (χ2n) is 7.65. The Balaban J connectivity index is 1.43. The van der Waals surface area contributed by atoms with Crippen LogP contribution in [0.2, 0.25) is 0 Å². The monoisotopic (exact) mass is 374 g/mol. The van der Waals surface area contributed by atoms with Crippen molar-refractivity contribution in [2.75, 3.05) is 5.73 Å². The Morgan fingerprint density at radius 1 is 1.00 bits per heavy atom. The van der Waals surface area contributed by atoms with Crippen molar-refractivity contribution >= 4 is 27.6 Å². The van der Waals surface area contributed by atoms with E-state index < -0.39 is 12.2 Å². The van der Waals surface area contributed by atoms with Crippen molar-refractivity contribution < 1.29 is 10.2 Å². The molecule has 0 amide bonds. The highest BCUT2D eigenvalue weighted by Crippen LogP contribution is 2.39. The van der Waals surface area contributed by atoms with E-state index in [0.717, 1.165) is 11.8 Å². The van der Waals surface area contributed by atoms with Gasteiger partial charge in [0, 0.05) is 6.20 Å². The summed E-state index contributed by atoms with van der Waals surface area (Å²) in [6.07, 6.45) is 3.05. The summed E-state index contributed by atoms with van der Waals surface area (Å²) in [5.74, 6) is 0.391. The van der Waals surface area contributed by atoms with Crippen molar-refractivity contribution in [3.05, 3.63) is 66.6 Å². The Morgan fingerprint density at radius 3 is 2.68 bits per heavy atom. The lowest BCUT2D eigenvalue weighted by molar-refractivity contribution is 0.00684. The van der Waals surface area contributed by atoms with E-state index in [9.17, 15) is 10.2 Å². The summed E-state index contributed by atoms with van der Waals surface area (Å²) in [5.41, 5.74) is 7.78. The fourth-order valence-corrected chi connectivity index (χ4v) is 4.50. The molecule has 0 unspecified atom stereocenters. The fraction of sp³-hybridized carbons (Fsp3) is 0.273. The van der Waals surface area contributed by atoms with E-state index in [0.29, 0.717) is 17.9 Å². The summed E-state index contributed by atoms with van der Waals surface area (Å²) in [5, 5.41) is 24.6. The summed E-state index contributed by atoms with van der Waals surface area (Å²) in [6.45, 7) is 0. The molecule has 2 aromatic carbocycles. The number of fused-ring (bicyclic) bond motifs is 2. The average molecular weight is 374 g/mol. The molecule has 1 aliphatic carbocycles. The lowest BCUT2D eigenvalue weighted by atomic mass is 9.94. The number of benzene rings is 2. The third-order valence-corrected chi connectivity index (χ3v) is 5.98. The molecule has 0 radical (unpaired) electrons. The molecule has 142 valence electrons. The first kappa shape index (κ1) is 17.2. The van der Waals surface area contributed by atoms with Crippen LogP contribution in [0.5, 0.6) is 0 Å². The van der Waals surface area contributed by atoms with E-state index in [1.54, 1.807) is 0 Å². The Labute approximate surface area is 162 Å². The van der Waals surface area contributed by atoms with Crippen molar-refractivity contribution in [1.82, 2.24) is 14.5 Å². The zero-order valence-electron chi connectivity index (χ0n) is 15.3. The number of nitrogens with two attached hydrogens (primary N) is 1. The smallest absolute Gasteiger partial charge is 0.145 e. The molecule has 1 aliphatic rings. The minimum Gasteiger partial charge on any atom is -0.390 e. The van der Waals surface area contributed by atoms with E-state index >= 15 is 0 Å². The van der Waals surface area contributed by atoms with E-state index in [-0.39, 0.29) is 12.0 Å². The maximum atomic E-state index is 10.7. The minimum atomic E-state index is -0.850. The van der Waals surface area contributed by atoms with E-state index in [4.69, 9.17) is 5.73 Å². The van der Waals surface area contributed by atoms with Gasteiger partial charge in [0.25, 0.3) is 0 Å². The van der Waals surface area contributed by atoms with Crippen molar-refractivity contribution in [3.8, 4) is 0 Å². The van der Waals surface area contributed by atoms with Gasteiger partial charge in [-0.3, -0.25) is 0 Å². The van der Waals surface area contributed by atoms with Crippen molar-refractivity contribution in [2.24, 2.45) is 5.92 Å². The first-order chi connectivity index (χ1) is 13.6. The van der Waals surface area contributed by atoms with Crippen LogP contribution in [0.4, 0.5) is 5.82 Å². The van der Waals surface area contributed by atoms with Gasteiger partial charge in [0.1, 0.15) is 23.9 Å². The zero-order valence-corrected chi connectivity index (χ0v) is 15.3. The Kier molecular flexibility index (Phi) is 4.03. The molecule has 6 nitrogen and oxygen atoms in total. The maximum absolute atomic E-state index is 10.7. The maximum Gasteiger partial charge on any atom is 0.145 e. The molecular weight excluding hydrogens is 352 g/mol. The first-order valence-corrected chi connectivity index (χ1v) is 9.52. The lowest BCUT2D eigenvalue weighted by Crippen LogP contribution is -2.30. The van der Waals surface area contributed by atoms with Crippen molar-refractivity contribution in [2.45, 2.75) is 31.1 Å². The van der Waals surface area contributed by atoms with E-state index in [1.807, 2.05) is 29.0 Å². The Bertz CT molecular complexity index is 1160. The van der Waals surface area contributed by atoms with E-state index in [2.05, 4.69) is 40.3 Å². The van der Waals surface area contributed by atoms with Gasteiger partial charge < -0.3 is 20.5 Å². The van der Waals surface area contributed by atoms with Crippen LogP contribution in [0.1, 0.15) is 18.0 Å². The Hall–Kier alpha value is -2.96. The third kappa shape index (κ3) is 2.73. The Morgan fingerprint density at radius 2 is 1.82 bits per heavy atom. The molecule has 1 saturated carbocycles. The van der Waals surface area contributed by atoms with Gasteiger partial charge in [-0.05, 0) is 41.2 Å². The fourth-order valence-electron chi connectivity index (χ4n) is 4.50. The van der Waals surface area contributed by atoms with Crippen molar-refractivity contribution in [1.29, 1.82) is 0 Å². The molecule has 1 fully saturated rings. The molecule has 28 heavy (non-hydrogen) atoms. The molecule has 0 spiro atoms. The summed E-state index contributed by atoms with van der Waals surface area (Å²) in [6, 6.07) is 16.2. The SMILES string of the molecule is Nc1ncnc2c1ccn2[C@@H]1C[C@H](Cc2ccc3ccccc3c2)[C@@H](O)[C@H]1O. The number of nitrogen functional groups attached to an aromatic ring is 1. The number of aliphatic hydroxyl groups excluding tert-OH is 2. The highest BCUT2D eigenvalue weighted by molar-refractivity contribution is 5.86. The average Bonchev–Trinajstić information content (AvgIpc) is 3.25. The van der Waals surface area contributed by atoms with Gasteiger partial charge in [0.05, 0.1) is 17.5 Å². The summed E-state index contributed by atoms with van der Waals surface area (Å²) in [7, 11) is 0. The highest BCUT2D eigenvalue weighted by Gasteiger charge is 2.42. The molecule has 0 saturated heterocycles.